The molecule has 1 aliphatic rings. The van der Waals surface area contributed by atoms with Gasteiger partial charge in [0.15, 0.2) is 11.6 Å². The van der Waals surface area contributed by atoms with Crippen molar-refractivity contribution in [2.24, 2.45) is 5.73 Å². The van der Waals surface area contributed by atoms with Crippen LogP contribution >= 0.6 is 0 Å². The molecule has 2 N–H and O–H groups in total. The fourth-order valence-electron chi connectivity index (χ4n) is 3.22. The molecule has 1 heterocycles. The number of pyridine rings is 1. The van der Waals surface area contributed by atoms with Gasteiger partial charge in [-0.1, -0.05) is 18.2 Å². The van der Waals surface area contributed by atoms with E-state index in [2.05, 4.69) is 4.98 Å². The highest BCUT2D eigenvalue weighted by atomic mass is 19.2. The zero-order valence-electron chi connectivity index (χ0n) is 13.0. The summed E-state index contributed by atoms with van der Waals surface area (Å²) in [6.07, 6.45) is 3.20. The molecular formula is C19H13F3N2O. The van der Waals surface area contributed by atoms with Gasteiger partial charge in [0.2, 0.25) is 0 Å². The molecule has 2 aromatic carbocycles. The molecule has 0 spiro atoms. The van der Waals surface area contributed by atoms with Crippen LogP contribution in [0.3, 0.4) is 0 Å². The van der Waals surface area contributed by atoms with Gasteiger partial charge < -0.3 is 5.73 Å². The predicted molar refractivity (Wildman–Crippen MR) is 87.5 cm³/mol. The number of halogens is 3. The number of fused-ring (bicyclic) bond motifs is 1. The Kier molecular flexibility index (Phi) is 3.49. The molecule has 3 nitrogen and oxygen atoms in total. The summed E-state index contributed by atoms with van der Waals surface area (Å²) in [4.78, 5) is 16.0. The Labute approximate surface area is 141 Å². The Hall–Kier alpha value is -2.89. The quantitative estimate of drug-likeness (QED) is 0.722. The highest BCUT2D eigenvalue weighted by Crippen LogP contribution is 2.45. The van der Waals surface area contributed by atoms with E-state index in [1.54, 1.807) is 18.2 Å². The number of carbonyl (C=O) groups excluding carboxylic acids is 1. The Balaban J connectivity index is 2.05. The number of nitrogens with two attached hydrogens (primary N) is 1. The molecule has 1 aliphatic carbocycles. The van der Waals surface area contributed by atoms with Gasteiger partial charge in [-0.3, -0.25) is 9.78 Å². The van der Waals surface area contributed by atoms with Crippen LogP contribution in [0.25, 0.3) is 22.0 Å². The number of amides is 1. The van der Waals surface area contributed by atoms with Crippen molar-refractivity contribution in [2.75, 3.05) is 0 Å². The summed E-state index contributed by atoms with van der Waals surface area (Å²) in [6.45, 7) is 0. The van der Waals surface area contributed by atoms with Gasteiger partial charge in [0.05, 0.1) is 11.1 Å². The van der Waals surface area contributed by atoms with Crippen molar-refractivity contribution in [3.05, 3.63) is 65.1 Å². The van der Waals surface area contributed by atoms with Gasteiger partial charge in [-0.05, 0) is 30.4 Å². The summed E-state index contributed by atoms with van der Waals surface area (Å²) in [5.41, 5.74) is 7.00. The van der Waals surface area contributed by atoms with E-state index in [9.17, 15) is 18.0 Å². The van der Waals surface area contributed by atoms with Gasteiger partial charge in [0, 0.05) is 28.8 Å². The number of carbonyl (C=O) groups is 1. The van der Waals surface area contributed by atoms with E-state index in [1.807, 2.05) is 0 Å². The fourth-order valence-corrected chi connectivity index (χ4v) is 3.22. The molecule has 0 unspecified atom stereocenters. The Morgan fingerprint density at radius 2 is 1.88 bits per heavy atom. The lowest BCUT2D eigenvalue weighted by Gasteiger charge is -2.13. The smallest absolute Gasteiger partial charge is 0.250 e. The van der Waals surface area contributed by atoms with Crippen molar-refractivity contribution >= 4 is 16.8 Å². The summed E-state index contributed by atoms with van der Waals surface area (Å²) in [5.74, 6) is -3.66. The normalized spacial score (nSPS) is 14.0. The van der Waals surface area contributed by atoms with E-state index >= 15 is 0 Å². The number of rotatable bonds is 3. The van der Waals surface area contributed by atoms with E-state index in [0.717, 1.165) is 24.5 Å². The first kappa shape index (κ1) is 15.6. The Morgan fingerprint density at radius 3 is 2.56 bits per heavy atom. The summed E-state index contributed by atoms with van der Waals surface area (Å²) in [6, 6.07) is 6.40. The maximum atomic E-state index is 14.2. The first-order valence-corrected chi connectivity index (χ1v) is 7.83. The highest BCUT2D eigenvalue weighted by Gasteiger charge is 2.30. The third-order valence-corrected chi connectivity index (χ3v) is 4.47. The van der Waals surface area contributed by atoms with Crippen molar-refractivity contribution in [3.63, 3.8) is 0 Å². The monoisotopic (exact) mass is 342 g/mol. The average molecular weight is 342 g/mol. The van der Waals surface area contributed by atoms with E-state index in [-0.39, 0.29) is 17.0 Å². The zero-order chi connectivity index (χ0) is 17.7. The lowest BCUT2D eigenvalue weighted by atomic mass is 9.94. The lowest BCUT2D eigenvalue weighted by molar-refractivity contribution is 0.0999. The molecule has 1 fully saturated rings. The van der Waals surface area contributed by atoms with Gasteiger partial charge in [0.1, 0.15) is 5.82 Å². The van der Waals surface area contributed by atoms with Gasteiger partial charge in [0.25, 0.3) is 5.91 Å². The van der Waals surface area contributed by atoms with Crippen molar-refractivity contribution in [2.45, 2.75) is 18.8 Å². The first-order valence-electron chi connectivity index (χ1n) is 7.83. The average Bonchev–Trinajstić information content (AvgIpc) is 3.41. The van der Waals surface area contributed by atoms with Crippen LogP contribution in [0.1, 0.15) is 34.7 Å². The molecular weight excluding hydrogens is 329 g/mol. The standard InChI is InChI=1S/C19H13F3N2O/c20-10-6-13(17(22)15(21)7-10)11-2-1-3-12-16(9-4-5-9)14(19(23)25)8-24-18(11)12/h1-3,6-9H,4-5H2,(H2,23,25). The van der Waals surface area contributed by atoms with Crippen molar-refractivity contribution in [1.29, 1.82) is 0 Å². The largest absolute Gasteiger partial charge is 0.366 e. The minimum absolute atomic E-state index is 0.192. The van der Waals surface area contributed by atoms with Gasteiger partial charge in [-0.2, -0.15) is 0 Å². The zero-order valence-corrected chi connectivity index (χ0v) is 13.0. The number of benzene rings is 2. The van der Waals surface area contributed by atoms with Crippen LogP contribution in [-0.2, 0) is 0 Å². The molecule has 1 amide bonds. The molecule has 1 saturated carbocycles. The van der Waals surface area contributed by atoms with Gasteiger partial charge >= 0.3 is 0 Å². The first-order chi connectivity index (χ1) is 12.0. The van der Waals surface area contributed by atoms with Crippen LogP contribution in [-0.4, -0.2) is 10.9 Å². The molecule has 3 aromatic rings. The highest BCUT2D eigenvalue weighted by molar-refractivity contribution is 6.03. The maximum absolute atomic E-state index is 14.2. The third kappa shape index (κ3) is 2.54. The van der Waals surface area contributed by atoms with Crippen molar-refractivity contribution < 1.29 is 18.0 Å². The maximum Gasteiger partial charge on any atom is 0.250 e. The number of para-hydroxylation sites is 1. The molecule has 126 valence electrons. The van der Waals surface area contributed by atoms with Crippen molar-refractivity contribution in [1.82, 2.24) is 4.98 Å². The minimum atomic E-state index is -1.26. The molecule has 0 bridgehead atoms. The minimum Gasteiger partial charge on any atom is -0.366 e. The Morgan fingerprint density at radius 1 is 1.12 bits per heavy atom. The van der Waals surface area contributed by atoms with E-state index in [1.165, 1.54) is 6.20 Å². The molecule has 6 heteroatoms. The molecule has 0 atom stereocenters. The molecule has 4 rings (SSSR count). The van der Waals surface area contributed by atoms with E-state index in [0.29, 0.717) is 22.5 Å². The van der Waals surface area contributed by atoms with Crippen LogP contribution in [0, 0.1) is 17.5 Å². The molecule has 0 saturated heterocycles. The topological polar surface area (TPSA) is 56.0 Å². The Bertz CT molecular complexity index is 1030. The molecule has 0 radical (unpaired) electrons. The fraction of sp³-hybridized carbons (Fsp3) is 0.158. The number of nitrogens with zero attached hydrogens (tertiary/aromatic N) is 1. The second kappa shape index (κ2) is 5.58. The van der Waals surface area contributed by atoms with E-state index in [4.69, 9.17) is 5.73 Å². The van der Waals surface area contributed by atoms with E-state index < -0.39 is 23.4 Å². The van der Waals surface area contributed by atoms with Crippen LogP contribution in [0.2, 0.25) is 0 Å². The molecule has 25 heavy (non-hydrogen) atoms. The van der Waals surface area contributed by atoms with Crippen LogP contribution in [0.15, 0.2) is 36.5 Å². The van der Waals surface area contributed by atoms with Crippen LogP contribution < -0.4 is 5.73 Å². The predicted octanol–water partition coefficient (Wildman–Crippen LogP) is 4.30. The summed E-state index contributed by atoms with van der Waals surface area (Å²) in [7, 11) is 0. The number of primary amides is 1. The number of hydrogen-bond donors (Lipinski definition) is 1. The third-order valence-electron chi connectivity index (χ3n) is 4.47. The second-order valence-corrected chi connectivity index (χ2v) is 6.17. The lowest BCUT2D eigenvalue weighted by Crippen LogP contribution is -2.14. The molecule has 1 aromatic heterocycles. The van der Waals surface area contributed by atoms with Crippen LogP contribution in [0.5, 0.6) is 0 Å². The van der Waals surface area contributed by atoms with Gasteiger partial charge in [-0.25, -0.2) is 13.2 Å². The van der Waals surface area contributed by atoms with Crippen molar-refractivity contribution in [3.8, 4) is 11.1 Å². The van der Waals surface area contributed by atoms with Crippen LogP contribution in [0.4, 0.5) is 13.2 Å². The van der Waals surface area contributed by atoms with Gasteiger partial charge in [-0.15, -0.1) is 0 Å². The summed E-state index contributed by atoms with van der Waals surface area (Å²) < 4.78 is 41.4. The number of hydrogen-bond acceptors (Lipinski definition) is 2. The molecule has 0 aliphatic heterocycles. The summed E-state index contributed by atoms with van der Waals surface area (Å²) >= 11 is 0. The summed E-state index contributed by atoms with van der Waals surface area (Å²) in [5, 5.41) is 0.653. The SMILES string of the molecule is NC(=O)c1cnc2c(-c3cc(F)cc(F)c3F)cccc2c1C1CC1. The second-order valence-electron chi connectivity index (χ2n) is 6.17. The number of aromatic nitrogens is 1.